The molecule has 0 aliphatic rings. The van der Waals surface area contributed by atoms with Gasteiger partial charge < -0.3 is 10.1 Å². The van der Waals surface area contributed by atoms with Crippen molar-refractivity contribution in [2.75, 3.05) is 0 Å². The van der Waals surface area contributed by atoms with Gasteiger partial charge in [-0.25, -0.2) is 4.79 Å². The second-order valence-corrected chi connectivity index (χ2v) is 1.53. The molecule has 0 bridgehead atoms. The predicted molar refractivity (Wildman–Crippen MR) is 27.9 cm³/mol. The molecule has 47 valence electrons. The number of hydrogen-bond acceptors (Lipinski definition) is 1. The first kappa shape index (κ1) is 5.68. The Kier molecular flexibility index (Phi) is 1.14. The second-order valence-electron chi connectivity index (χ2n) is 1.53. The predicted octanol–water partition coefficient (Wildman–Crippen LogP) is 0.857. The van der Waals surface area contributed by atoms with Crippen LogP contribution >= 0.6 is 0 Å². The number of rotatable bonds is 1. The first-order valence-corrected chi connectivity index (χ1v) is 2.29. The summed E-state index contributed by atoms with van der Waals surface area (Å²) in [5.74, 6) is -1.75. The number of aromatic amines is 1. The Morgan fingerprint density at radius 1 is 1.67 bits per heavy atom. The molecule has 0 aromatic carbocycles. The van der Waals surface area contributed by atoms with Gasteiger partial charge in [-0.2, -0.15) is 0 Å². The van der Waals surface area contributed by atoms with Crippen LogP contribution in [0.1, 0.15) is 10.4 Å². The smallest absolute Gasteiger partial charge is 0.341 e. The van der Waals surface area contributed by atoms with E-state index in [-0.39, 0.29) is 5.56 Å². The highest BCUT2D eigenvalue weighted by Crippen LogP contribution is 2.12. The molecule has 0 spiro atoms. The van der Waals surface area contributed by atoms with Crippen LogP contribution in [0.25, 0.3) is 0 Å². The third kappa shape index (κ3) is 0.861. The standard InChI is InChI=1S/C5H4NO3/c7-4-3(5(8)9)1-2-6-4/h1-2,6H,(H,8,9). The van der Waals surface area contributed by atoms with E-state index in [1.165, 1.54) is 12.3 Å². The fraction of sp³-hybridized carbons (Fsp3) is 0. The lowest BCUT2D eigenvalue weighted by atomic mass is 10.3. The van der Waals surface area contributed by atoms with E-state index in [1.54, 1.807) is 0 Å². The summed E-state index contributed by atoms with van der Waals surface area (Å²) >= 11 is 0. The van der Waals surface area contributed by atoms with E-state index in [1.807, 2.05) is 0 Å². The fourth-order valence-electron chi connectivity index (χ4n) is 0.523. The van der Waals surface area contributed by atoms with E-state index >= 15 is 0 Å². The van der Waals surface area contributed by atoms with E-state index in [0.29, 0.717) is 0 Å². The highest BCUT2D eigenvalue weighted by Gasteiger charge is 2.09. The maximum Gasteiger partial charge on any atom is 0.341 e. The number of carboxylic acid groups (broad SMARTS) is 1. The summed E-state index contributed by atoms with van der Waals surface area (Å²) in [6.07, 6.45) is 1.30. The summed E-state index contributed by atoms with van der Waals surface area (Å²) in [6, 6.07) is 1.23. The van der Waals surface area contributed by atoms with Crippen molar-refractivity contribution < 1.29 is 15.0 Å². The van der Waals surface area contributed by atoms with E-state index in [4.69, 9.17) is 5.11 Å². The molecule has 0 unspecified atom stereocenters. The molecule has 2 N–H and O–H groups in total. The topological polar surface area (TPSA) is 73.0 Å². The number of hydrogen-bond donors (Lipinski definition) is 2. The maximum absolute atomic E-state index is 10.4. The SMILES string of the molecule is [O]c1[nH]ccc1C(=O)O. The Hall–Kier alpha value is -1.45. The Bertz CT molecular complexity index is 228. The van der Waals surface area contributed by atoms with Crippen molar-refractivity contribution in [1.82, 2.24) is 4.98 Å². The minimum absolute atomic E-state index is 0.213. The van der Waals surface area contributed by atoms with Gasteiger partial charge in [-0.1, -0.05) is 0 Å². The largest absolute Gasteiger partial charge is 0.477 e. The van der Waals surface area contributed by atoms with Crippen LogP contribution in [0.2, 0.25) is 0 Å². The lowest BCUT2D eigenvalue weighted by Gasteiger charge is -1.82. The fourth-order valence-corrected chi connectivity index (χ4v) is 0.523. The van der Waals surface area contributed by atoms with Crippen molar-refractivity contribution in [3.63, 3.8) is 0 Å². The summed E-state index contributed by atoms with van der Waals surface area (Å²) in [5, 5.41) is 18.7. The minimum Gasteiger partial charge on any atom is -0.477 e. The summed E-state index contributed by atoms with van der Waals surface area (Å²) < 4.78 is 0. The molecule has 4 nitrogen and oxygen atoms in total. The van der Waals surface area contributed by atoms with Crippen molar-refractivity contribution in [3.8, 4) is 5.88 Å². The van der Waals surface area contributed by atoms with E-state index in [9.17, 15) is 9.90 Å². The highest BCUT2D eigenvalue weighted by atomic mass is 16.4. The quantitative estimate of drug-likeness (QED) is 0.585. The molecule has 0 saturated heterocycles. The van der Waals surface area contributed by atoms with Gasteiger partial charge in [-0.3, -0.25) is 5.11 Å². The maximum atomic E-state index is 10.4. The number of aromatic nitrogens is 1. The molecule has 0 fully saturated rings. The summed E-state index contributed by atoms with van der Waals surface area (Å²) in [4.78, 5) is 12.3. The molecule has 1 rings (SSSR count). The summed E-state index contributed by atoms with van der Waals surface area (Å²) in [5.41, 5.74) is -0.213. The first-order chi connectivity index (χ1) is 4.22. The molecule has 4 heteroatoms. The minimum atomic E-state index is -1.19. The first-order valence-electron chi connectivity index (χ1n) is 2.29. The number of nitrogens with one attached hydrogen (secondary N) is 1. The normalized spacial score (nSPS) is 9.33. The van der Waals surface area contributed by atoms with Crippen LogP contribution in [-0.2, 0) is 5.11 Å². The third-order valence-electron chi connectivity index (χ3n) is 0.939. The third-order valence-corrected chi connectivity index (χ3v) is 0.939. The molecular weight excluding hydrogens is 122 g/mol. The van der Waals surface area contributed by atoms with Gasteiger partial charge in [0.05, 0.1) is 0 Å². The molecular formula is C5H4NO3. The van der Waals surface area contributed by atoms with Crippen LogP contribution < -0.4 is 0 Å². The van der Waals surface area contributed by atoms with Gasteiger partial charge in [0, 0.05) is 6.20 Å². The van der Waals surface area contributed by atoms with Gasteiger partial charge in [-0.05, 0) is 6.07 Å². The van der Waals surface area contributed by atoms with Crippen molar-refractivity contribution in [2.24, 2.45) is 0 Å². The molecule has 0 saturated carbocycles. The van der Waals surface area contributed by atoms with Crippen LogP contribution in [0.5, 0.6) is 5.88 Å². The van der Waals surface area contributed by atoms with Crippen LogP contribution in [0.4, 0.5) is 0 Å². The van der Waals surface area contributed by atoms with E-state index < -0.39 is 11.8 Å². The lowest BCUT2D eigenvalue weighted by Crippen LogP contribution is -1.92. The van der Waals surface area contributed by atoms with E-state index in [0.717, 1.165) is 0 Å². The molecule has 9 heavy (non-hydrogen) atoms. The molecule has 1 aromatic rings. The van der Waals surface area contributed by atoms with Gasteiger partial charge in [0.15, 0.2) is 0 Å². The van der Waals surface area contributed by atoms with Gasteiger partial charge >= 0.3 is 5.97 Å². The molecule has 1 radical (unpaired) electrons. The van der Waals surface area contributed by atoms with Gasteiger partial charge in [0.2, 0.25) is 0 Å². The average molecular weight is 126 g/mol. The van der Waals surface area contributed by atoms with Crippen molar-refractivity contribution in [1.29, 1.82) is 0 Å². The molecule has 0 amide bonds. The Labute approximate surface area is 50.8 Å². The monoisotopic (exact) mass is 126 g/mol. The van der Waals surface area contributed by atoms with Gasteiger partial charge in [0.1, 0.15) is 5.56 Å². The Balaban J connectivity index is 3.08. The number of H-pyrrole nitrogens is 1. The molecule has 0 aliphatic heterocycles. The lowest BCUT2D eigenvalue weighted by molar-refractivity contribution is 0.0692. The van der Waals surface area contributed by atoms with E-state index in [2.05, 4.69) is 4.98 Å². The van der Waals surface area contributed by atoms with Crippen molar-refractivity contribution >= 4 is 5.97 Å². The second kappa shape index (κ2) is 1.81. The number of carbonyl (C=O) groups is 1. The van der Waals surface area contributed by atoms with Crippen LogP contribution in [0, 0.1) is 0 Å². The summed E-state index contributed by atoms with van der Waals surface area (Å²) in [6.45, 7) is 0. The molecule has 1 aromatic heterocycles. The van der Waals surface area contributed by atoms with Crippen LogP contribution in [-0.4, -0.2) is 16.1 Å². The van der Waals surface area contributed by atoms with Crippen LogP contribution in [0.3, 0.4) is 0 Å². The highest BCUT2D eigenvalue weighted by molar-refractivity contribution is 5.90. The van der Waals surface area contributed by atoms with Crippen molar-refractivity contribution in [3.05, 3.63) is 17.8 Å². The van der Waals surface area contributed by atoms with Gasteiger partial charge in [-0.15, -0.1) is 0 Å². The average Bonchev–Trinajstić information content (AvgIpc) is 2.13. The molecule has 0 aliphatic carbocycles. The number of aromatic carboxylic acids is 1. The van der Waals surface area contributed by atoms with Crippen LogP contribution in [0.15, 0.2) is 12.3 Å². The zero-order valence-corrected chi connectivity index (χ0v) is 4.42. The summed E-state index contributed by atoms with van der Waals surface area (Å²) in [7, 11) is 0. The molecule has 0 atom stereocenters. The number of carboxylic acids is 1. The van der Waals surface area contributed by atoms with Crippen molar-refractivity contribution in [2.45, 2.75) is 0 Å². The zero-order chi connectivity index (χ0) is 6.85. The Morgan fingerprint density at radius 3 is 2.56 bits per heavy atom. The Morgan fingerprint density at radius 2 is 2.33 bits per heavy atom. The molecule has 1 heterocycles. The zero-order valence-electron chi connectivity index (χ0n) is 4.42. The van der Waals surface area contributed by atoms with Gasteiger partial charge in [0.25, 0.3) is 5.88 Å².